The van der Waals surface area contributed by atoms with E-state index in [2.05, 4.69) is 35.6 Å². The van der Waals surface area contributed by atoms with Crippen LogP contribution in [-0.2, 0) is 6.54 Å². The maximum Gasteiger partial charge on any atom is 0.0424 e. The van der Waals surface area contributed by atoms with E-state index >= 15 is 0 Å². The minimum Gasteiger partial charge on any atom is -0.309 e. The van der Waals surface area contributed by atoms with Crippen molar-refractivity contribution in [2.24, 2.45) is 0 Å². The fourth-order valence-corrected chi connectivity index (χ4v) is 3.02. The van der Waals surface area contributed by atoms with Crippen molar-refractivity contribution >= 4 is 23.2 Å². The van der Waals surface area contributed by atoms with Gasteiger partial charge in [-0.05, 0) is 35.7 Å². The molecule has 3 heteroatoms. The standard InChI is InChI=1S/C16H15Cl2N/c17-13-6-11(7-14(18)8-13)10-19-16-9-15(16)12-4-2-1-3-5-12/h1-8,15-16,19H,9-10H2/t15-,16+/m1/s1. The summed E-state index contributed by atoms with van der Waals surface area (Å²) in [5.41, 5.74) is 2.56. The zero-order valence-electron chi connectivity index (χ0n) is 10.4. The van der Waals surface area contributed by atoms with Crippen LogP contribution >= 0.6 is 23.2 Å². The maximum absolute atomic E-state index is 5.99. The third kappa shape index (κ3) is 3.30. The van der Waals surface area contributed by atoms with E-state index in [9.17, 15) is 0 Å². The van der Waals surface area contributed by atoms with Crippen LogP contribution in [0.1, 0.15) is 23.5 Å². The zero-order valence-corrected chi connectivity index (χ0v) is 12.0. The Labute approximate surface area is 123 Å². The summed E-state index contributed by atoms with van der Waals surface area (Å²) >= 11 is 12.0. The van der Waals surface area contributed by atoms with Crippen molar-refractivity contribution in [1.82, 2.24) is 5.32 Å². The van der Waals surface area contributed by atoms with Crippen LogP contribution in [0.4, 0.5) is 0 Å². The summed E-state index contributed by atoms with van der Waals surface area (Å²) in [6.07, 6.45) is 1.21. The second-order valence-electron chi connectivity index (χ2n) is 5.02. The summed E-state index contributed by atoms with van der Waals surface area (Å²) in [7, 11) is 0. The lowest BCUT2D eigenvalue weighted by molar-refractivity contribution is 0.673. The Morgan fingerprint density at radius 2 is 1.68 bits per heavy atom. The van der Waals surface area contributed by atoms with Crippen LogP contribution in [0.25, 0.3) is 0 Å². The second-order valence-corrected chi connectivity index (χ2v) is 5.89. The summed E-state index contributed by atoms with van der Waals surface area (Å²) in [6, 6.07) is 16.9. The van der Waals surface area contributed by atoms with Gasteiger partial charge in [-0.25, -0.2) is 0 Å². The highest BCUT2D eigenvalue weighted by Gasteiger charge is 2.37. The molecular weight excluding hydrogens is 277 g/mol. The molecule has 1 saturated carbocycles. The molecule has 98 valence electrons. The van der Waals surface area contributed by atoms with Gasteiger partial charge < -0.3 is 5.32 Å². The molecule has 0 aliphatic heterocycles. The number of halogens is 2. The SMILES string of the molecule is Clc1cc(Cl)cc(CN[C@H]2C[C@@H]2c2ccccc2)c1. The van der Waals surface area contributed by atoms with Crippen LogP contribution in [0.15, 0.2) is 48.5 Å². The van der Waals surface area contributed by atoms with E-state index in [1.807, 2.05) is 12.1 Å². The summed E-state index contributed by atoms with van der Waals surface area (Å²) < 4.78 is 0. The molecule has 0 bridgehead atoms. The van der Waals surface area contributed by atoms with Crippen LogP contribution in [0.5, 0.6) is 0 Å². The van der Waals surface area contributed by atoms with E-state index in [-0.39, 0.29) is 0 Å². The Kier molecular flexibility index (Phi) is 3.79. The van der Waals surface area contributed by atoms with E-state index < -0.39 is 0 Å². The van der Waals surface area contributed by atoms with Gasteiger partial charge in [0.1, 0.15) is 0 Å². The van der Waals surface area contributed by atoms with Crippen LogP contribution in [0.3, 0.4) is 0 Å². The molecule has 1 aliphatic carbocycles. The molecule has 2 aromatic carbocycles. The first-order valence-electron chi connectivity index (χ1n) is 6.45. The average molecular weight is 292 g/mol. The van der Waals surface area contributed by atoms with E-state index in [1.54, 1.807) is 6.07 Å². The lowest BCUT2D eigenvalue weighted by Crippen LogP contribution is -2.17. The van der Waals surface area contributed by atoms with Crippen molar-refractivity contribution in [2.75, 3.05) is 0 Å². The van der Waals surface area contributed by atoms with E-state index in [4.69, 9.17) is 23.2 Å². The molecule has 0 amide bonds. The Hall–Kier alpha value is -1.02. The predicted molar refractivity (Wildman–Crippen MR) is 80.9 cm³/mol. The molecule has 1 fully saturated rings. The molecular formula is C16H15Cl2N. The van der Waals surface area contributed by atoms with Crippen molar-refractivity contribution in [2.45, 2.75) is 24.9 Å². The third-order valence-corrected chi connectivity index (χ3v) is 3.95. The number of hydrogen-bond acceptors (Lipinski definition) is 1. The Morgan fingerprint density at radius 3 is 2.37 bits per heavy atom. The Bertz CT molecular complexity index is 548. The molecule has 0 unspecified atom stereocenters. The van der Waals surface area contributed by atoms with Crippen LogP contribution < -0.4 is 5.32 Å². The highest BCUT2D eigenvalue weighted by Crippen LogP contribution is 2.40. The summed E-state index contributed by atoms with van der Waals surface area (Å²) in [5, 5.41) is 4.95. The topological polar surface area (TPSA) is 12.0 Å². The second kappa shape index (κ2) is 5.54. The normalized spacial score (nSPS) is 21.4. The van der Waals surface area contributed by atoms with Crippen molar-refractivity contribution < 1.29 is 0 Å². The highest BCUT2D eigenvalue weighted by atomic mass is 35.5. The van der Waals surface area contributed by atoms with Crippen LogP contribution in [0, 0.1) is 0 Å². The summed E-state index contributed by atoms with van der Waals surface area (Å²) in [6.45, 7) is 0.814. The van der Waals surface area contributed by atoms with Gasteiger partial charge in [-0.15, -0.1) is 0 Å². The molecule has 1 aliphatic rings. The molecule has 1 N–H and O–H groups in total. The zero-order chi connectivity index (χ0) is 13.2. The van der Waals surface area contributed by atoms with E-state index in [1.165, 1.54) is 12.0 Å². The fourth-order valence-electron chi connectivity index (χ4n) is 2.45. The Balaban J connectivity index is 1.57. The summed E-state index contributed by atoms with van der Waals surface area (Å²) in [5.74, 6) is 0.649. The Morgan fingerprint density at radius 1 is 1.00 bits per heavy atom. The molecule has 2 atom stereocenters. The number of hydrogen-bond donors (Lipinski definition) is 1. The summed E-state index contributed by atoms with van der Waals surface area (Å²) in [4.78, 5) is 0. The monoisotopic (exact) mass is 291 g/mol. The van der Waals surface area contributed by atoms with Gasteiger partial charge >= 0.3 is 0 Å². The first kappa shape index (κ1) is 13.0. The van der Waals surface area contributed by atoms with Gasteiger partial charge in [0, 0.05) is 28.5 Å². The molecule has 0 heterocycles. The number of nitrogens with one attached hydrogen (secondary N) is 1. The molecule has 0 radical (unpaired) electrons. The molecule has 0 aromatic heterocycles. The van der Waals surface area contributed by atoms with Gasteiger partial charge in [0.15, 0.2) is 0 Å². The van der Waals surface area contributed by atoms with E-state index in [0.29, 0.717) is 22.0 Å². The highest BCUT2D eigenvalue weighted by molar-refractivity contribution is 6.34. The molecule has 2 aromatic rings. The van der Waals surface area contributed by atoms with Crippen molar-refractivity contribution in [3.05, 3.63) is 69.7 Å². The van der Waals surface area contributed by atoms with Crippen molar-refractivity contribution in [1.29, 1.82) is 0 Å². The smallest absolute Gasteiger partial charge is 0.0424 e. The van der Waals surface area contributed by atoms with Crippen molar-refractivity contribution in [3.8, 4) is 0 Å². The largest absolute Gasteiger partial charge is 0.309 e. The third-order valence-electron chi connectivity index (χ3n) is 3.51. The fraction of sp³-hybridized carbons (Fsp3) is 0.250. The van der Waals surface area contributed by atoms with Gasteiger partial charge in [-0.1, -0.05) is 53.5 Å². The number of benzene rings is 2. The average Bonchev–Trinajstić information content (AvgIpc) is 3.16. The first-order valence-corrected chi connectivity index (χ1v) is 7.21. The van der Waals surface area contributed by atoms with Gasteiger partial charge in [0.2, 0.25) is 0 Å². The van der Waals surface area contributed by atoms with Gasteiger partial charge in [-0.3, -0.25) is 0 Å². The van der Waals surface area contributed by atoms with E-state index in [0.717, 1.165) is 12.1 Å². The van der Waals surface area contributed by atoms with Gasteiger partial charge in [0.05, 0.1) is 0 Å². The minimum atomic E-state index is 0.570. The quantitative estimate of drug-likeness (QED) is 0.865. The van der Waals surface area contributed by atoms with Crippen molar-refractivity contribution in [3.63, 3.8) is 0 Å². The predicted octanol–water partition coefficient (Wildman–Crippen LogP) is 4.64. The molecule has 0 saturated heterocycles. The van der Waals surface area contributed by atoms with Gasteiger partial charge in [0.25, 0.3) is 0 Å². The van der Waals surface area contributed by atoms with Crippen LogP contribution in [0.2, 0.25) is 10.0 Å². The molecule has 0 spiro atoms. The molecule has 1 nitrogen and oxygen atoms in total. The molecule has 3 rings (SSSR count). The number of rotatable bonds is 4. The first-order chi connectivity index (χ1) is 9.22. The lowest BCUT2D eigenvalue weighted by atomic mass is 10.1. The van der Waals surface area contributed by atoms with Crippen LogP contribution in [-0.4, -0.2) is 6.04 Å². The molecule has 19 heavy (non-hydrogen) atoms. The minimum absolute atomic E-state index is 0.570. The lowest BCUT2D eigenvalue weighted by Gasteiger charge is -2.06. The maximum atomic E-state index is 5.99. The van der Waals surface area contributed by atoms with Gasteiger partial charge in [-0.2, -0.15) is 0 Å².